The quantitative estimate of drug-likeness (QED) is 0.573. The molecule has 1 amide bonds. The molecule has 29 heavy (non-hydrogen) atoms. The molecule has 1 saturated heterocycles. The number of para-hydroxylation sites is 1. The van der Waals surface area contributed by atoms with Crippen LogP contribution in [0.3, 0.4) is 0 Å². The Bertz CT molecular complexity index is 1090. The van der Waals surface area contributed by atoms with Crippen molar-refractivity contribution in [2.24, 2.45) is 5.16 Å². The smallest absolute Gasteiger partial charge is 0.252 e. The topological polar surface area (TPSA) is 99.1 Å². The predicted molar refractivity (Wildman–Crippen MR) is 110 cm³/mol. The molecule has 2 N–H and O–H groups in total. The molecule has 2 aliphatic heterocycles. The third-order valence-electron chi connectivity index (χ3n) is 5.48. The number of oxime groups is 1. The monoisotopic (exact) mass is 433 g/mol. The van der Waals surface area contributed by atoms with Crippen LogP contribution in [0.4, 0.5) is 5.69 Å². The average Bonchev–Trinajstić information content (AvgIpc) is 2.96. The second-order valence-corrected chi connectivity index (χ2v) is 9.33. The van der Waals surface area contributed by atoms with Crippen molar-refractivity contribution in [1.82, 2.24) is 4.72 Å². The summed E-state index contributed by atoms with van der Waals surface area (Å²) in [5.41, 5.74) is 0.515. The molecule has 0 spiro atoms. The molecule has 1 unspecified atom stereocenters. The van der Waals surface area contributed by atoms with Crippen molar-refractivity contribution in [2.75, 3.05) is 11.4 Å². The van der Waals surface area contributed by atoms with E-state index in [1.165, 1.54) is 24.3 Å². The van der Waals surface area contributed by atoms with E-state index < -0.39 is 15.6 Å². The summed E-state index contributed by atoms with van der Waals surface area (Å²) in [7, 11) is -3.99. The normalized spacial score (nSPS) is 23.4. The number of hydrogen-bond donors (Lipinski definition) is 2. The van der Waals surface area contributed by atoms with Crippen LogP contribution in [-0.4, -0.2) is 31.8 Å². The van der Waals surface area contributed by atoms with Crippen LogP contribution < -0.4 is 9.62 Å². The van der Waals surface area contributed by atoms with Crippen molar-refractivity contribution in [3.8, 4) is 0 Å². The third-order valence-corrected chi connectivity index (χ3v) is 7.24. The fourth-order valence-corrected chi connectivity index (χ4v) is 5.56. The van der Waals surface area contributed by atoms with Crippen LogP contribution in [0.15, 0.2) is 58.6 Å². The Kier molecular flexibility index (Phi) is 5.10. The summed E-state index contributed by atoms with van der Waals surface area (Å²) in [4.78, 5) is 15.1. The maximum atomic E-state index is 13.5. The molecule has 2 aromatic rings. The Morgan fingerprint density at radius 3 is 2.55 bits per heavy atom. The van der Waals surface area contributed by atoms with Gasteiger partial charge in [-0.3, -0.25) is 4.79 Å². The number of benzene rings is 2. The molecule has 0 radical (unpaired) electrons. The van der Waals surface area contributed by atoms with Crippen molar-refractivity contribution >= 4 is 38.9 Å². The number of sulfonamides is 1. The highest BCUT2D eigenvalue weighted by Crippen LogP contribution is 2.44. The molecule has 0 saturated carbocycles. The van der Waals surface area contributed by atoms with Crippen LogP contribution in [0.25, 0.3) is 0 Å². The van der Waals surface area contributed by atoms with Gasteiger partial charge in [0.15, 0.2) is 0 Å². The number of carbonyl (C=O) groups excluding carboxylic acids is 1. The molecule has 4 rings (SSSR count). The van der Waals surface area contributed by atoms with E-state index >= 15 is 0 Å². The van der Waals surface area contributed by atoms with Gasteiger partial charge in [0.1, 0.15) is 5.54 Å². The Morgan fingerprint density at radius 2 is 1.83 bits per heavy atom. The van der Waals surface area contributed by atoms with Gasteiger partial charge in [0, 0.05) is 29.2 Å². The zero-order valence-electron chi connectivity index (χ0n) is 15.5. The predicted octanol–water partition coefficient (Wildman–Crippen LogP) is 3.26. The SMILES string of the molecule is O=C1N2CC/C(=N/O)CCCC1(NS(=O)(=O)c1ccc(Cl)cc1)c1ccccc12. The first-order valence-corrected chi connectivity index (χ1v) is 11.1. The zero-order chi connectivity index (χ0) is 20.6. The summed E-state index contributed by atoms with van der Waals surface area (Å²) in [6.07, 6.45) is 1.67. The van der Waals surface area contributed by atoms with Crippen molar-refractivity contribution in [3.05, 3.63) is 59.1 Å². The van der Waals surface area contributed by atoms with E-state index in [4.69, 9.17) is 11.6 Å². The van der Waals surface area contributed by atoms with Crippen molar-refractivity contribution in [2.45, 2.75) is 36.1 Å². The average molecular weight is 434 g/mol. The van der Waals surface area contributed by atoms with Crippen LogP contribution in [0.1, 0.15) is 31.2 Å². The lowest BCUT2D eigenvalue weighted by Crippen LogP contribution is -2.52. The first-order chi connectivity index (χ1) is 13.9. The van der Waals surface area contributed by atoms with Crippen molar-refractivity contribution < 1.29 is 18.4 Å². The Balaban J connectivity index is 1.81. The second kappa shape index (κ2) is 7.44. The van der Waals surface area contributed by atoms with Gasteiger partial charge in [-0.05, 0) is 49.6 Å². The van der Waals surface area contributed by atoms with Crippen molar-refractivity contribution in [3.63, 3.8) is 0 Å². The number of fused-ring (bicyclic) bond motifs is 5. The number of rotatable bonds is 3. The summed E-state index contributed by atoms with van der Waals surface area (Å²) >= 11 is 5.88. The van der Waals surface area contributed by atoms with E-state index in [-0.39, 0.29) is 17.2 Å². The molecule has 9 heteroatoms. The number of carbonyl (C=O) groups is 1. The van der Waals surface area contributed by atoms with Gasteiger partial charge >= 0.3 is 0 Å². The van der Waals surface area contributed by atoms with E-state index in [9.17, 15) is 18.4 Å². The number of amides is 1. The zero-order valence-corrected chi connectivity index (χ0v) is 17.1. The minimum Gasteiger partial charge on any atom is -0.411 e. The van der Waals surface area contributed by atoms with Crippen LogP contribution in [0.5, 0.6) is 0 Å². The number of hydrogen-bond acceptors (Lipinski definition) is 5. The highest BCUT2D eigenvalue weighted by atomic mass is 35.5. The summed E-state index contributed by atoms with van der Waals surface area (Å²) in [5.74, 6) is -0.310. The number of nitrogens with one attached hydrogen (secondary N) is 1. The van der Waals surface area contributed by atoms with Crippen LogP contribution in [-0.2, 0) is 20.4 Å². The van der Waals surface area contributed by atoms with Gasteiger partial charge in [-0.1, -0.05) is 35.0 Å². The fraction of sp³-hybridized carbons (Fsp3) is 0.300. The molecule has 2 aliphatic rings. The van der Waals surface area contributed by atoms with E-state index in [0.29, 0.717) is 47.8 Å². The molecular weight excluding hydrogens is 414 g/mol. The second-order valence-electron chi connectivity index (χ2n) is 7.21. The van der Waals surface area contributed by atoms with Crippen LogP contribution >= 0.6 is 11.6 Å². The van der Waals surface area contributed by atoms with E-state index in [1.54, 1.807) is 17.0 Å². The first-order valence-electron chi connectivity index (χ1n) is 9.28. The summed E-state index contributed by atoms with van der Waals surface area (Å²) in [6, 6.07) is 13.0. The molecule has 152 valence electrons. The Labute approximate surface area is 174 Å². The number of anilines is 1. The van der Waals surface area contributed by atoms with Gasteiger partial charge < -0.3 is 10.1 Å². The lowest BCUT2D eigenvalue weighted by molar-refractivity contribution is -0.123. The van der Waals surface area contributed by atoms with E-state index in [2.05, 4.69) is 9.88 Å². The van der Waals surface area contributed by atoms with Crippen molar-refractivity contribution in [1.29, 1.82) is 0 Å². The maximum absolute atomic E-state index is 13.5. The van der Waals surface area contributed by atoms with Gasteiger partial charge in [0.05, 0.1) is 10.6 Å². The molecule has 1 fully saturated rings. The van der Waals surface area contributed by atoms with Crippen LogP contribution in [0, 0.1) is 0 Å². The van der Waals surface area contributed by atoms with Gasteiger partial charge in [0.2, 0.25) is 10.0 Å². The number of nitrogens with zero attached hydrogens (tertiary/aromatic N) is 2. The standard InChI is InChI=1S/C20H20ClN3O4S/c21-14-7-9-16(10-8-14)29(27,28)23-20-12-3-4-15(22-26)11-13-24(19(20)25)18-6-2-1-5-17(18)20/h1-2,5-10,23,26H,3-4,11-13H2/b22-15+. The molecule has 2 bridgehead atoms. The van der Waals surface area contributed by atoms with E-state index in [0.717, 1.165) is 0 Å². The highest BCUT2D eigenvalue weighted by Gasteiger charge is 2.53. The molecule has 7 nitrogen and oxygen atoms in total. The largest absolute Gasteiger partial charge is 0.411 e. The summed E-state index contributed by atoms with van der Waals surface area (Å²) in [6.45, 7) is 0.319. The lowest BCUT2D eigenvalue weighted by atomic mass is 9.87. The summed E-state index contributed by atoms with van der Waals surface area (Å²) < 4.78 is 29.0. The molecule has 0 aliphatic carbocycles. The molecule has 2 aromatic carbocycles. The number of halogens is 1. The molecule has 2 heterocycles. The highest BCUT2D eigenvalue weighted by molar-refractivity contribution is 7.89. The molecule has 0 aromatic heterocycles. The van der Waals surface area contributed by atoms with Gasteiger partial charge in [-0.2, -0.15) is 4.72 Å². The lowest BCUT2D eigenvalue weighted by Gasteiger charge is -2.29. The minimum atomic E-state index is -3.99. The Hall–Kier alpha value is -2.42. The third kappa shape index (κ3) is 3.41. The Morgan fingerprint density at radius 1 is 1.10 bits per heavy atom. The van der Waals surface area contributed by atoms with Crippen LogP contribution in [0.2, 0.25) is 5.02 Å². The maximum Gasteiger partial charge on any atom is 0.252 e. The van der Waals surface area contributed by atoms with Gasteiger partial charge in [-0.25, -0.2) is 8.42 Å². The van der Waals surface area contributed by atoms with Gasteiger partial charge in [0.25, 0.3) is 5.91 Å². The van der Waals surface area contributed by atoms with E-state index in [1.807, 2.05) is 12.1 Å². The fourth-order valence-electron chi connectivity index (χ4n) is 4.06. The summed E-state index contributed by atoms with van der Waals surface area (Å²) in [5, 5.41) is 13.0. The molecular formula is C20H20ClN3O4S. The van der Waals surface area contributed by atoms with Gasteiger partial charge in [-0.15, -0.1) is 0 Å². The molecule has 1 atom stereocenters. The first kappa shape index (κ1) is 19.9. The minimum absolute atomic E-state index is 0.0393.